The highest BCUT2D eigenvalue weighted by molar-refractivity contribution is 6.29. The smallest absolute Gasteiger partial charge is 0.203 e. The van der Waals surface area contributed by atoms with Crippen molar-refractivity contribution < 1.29 is 13.2 Å². The van der Waals surface area contributed by atoms with Gasteiger partial charge in [0.2, 0.25) is 0 Å². The van der Waals surface area contributed by atoms with Gasteiger partial charge in [-0.1, -0.05) is 11.6 Å². The predicted octanol–water partition coefficient (Wildman–Crippen LogP) is 3.35. The van der Waals surface area contributed by atoms with Gasteiger partial charge in [0.1, 0.15) is 5.15 Å². The van der Waals surface area contributed by atoms with E-state index in [9.17, 15) is 13.2 Å². The molecule has 0 aliphatic heterocycles. The summed E-state index contributed by atoms with van der Waals surface area (Å²) in [5, 5.41) is 3.53. The minimum atomic E-state index is -4.55. The van der Waals surface area contributed by atoms with E-state index < -0.39 is 12.0 Å². The first-order valence-corrected chi connectivity index (χ1v) is 5.93. The van der Waals surface area contributed by atoms with Crippen molar-refractivity contribution in [2.75, 3.05) is 0 Å². The zero-order chi connectivity index (χ0) is 12.9. The number of alkyl halides is 3. The summed E-state index contributed by atoms with van der Waals surface area (Å²) in [7, 11) is 0. The van der Waals surface area contributed by atoms with Crippen molar-refractivity contribution in [2.45, 2.75) is 25.4 Å². The molecule has 0 spiro atoms. The van der Waals surface area contributed by atoms with Crippen molar-refractivity contribution in [2.24, 2.45) is 5.92 Å². The molecule has 7 heteroatoms. The van der Waals surface area contributed by atoms with Crippen LogP contribution in [0.5, 0.6) is 0 Å². The molecule has 96 valence electrons. The fourth-order valence-corrected chi connectivity index (χ4v) is 2.15. The van der Waals surface area contributed by atoms with E-state index >= 15 is 0 Å². The van der Waals surface area contributed by atoms with Gasteiger partial charge in [0, 0.05) is 0 Å². The van der Waals surface area contributed by atoms with Crippen molar-refractivity contribution in [1.29, 1.82) is 0 Å². The fraction of sp³-hybridized carbons (Fsp3) is 0.455. The quantitative estimate of drug-likeness (QED) is 0.787. The molecule has 18 heavy (non-hydrogen) atoms. The Morgan fingerprint density at radius 1 is 1.33 bits per heavy atom. The molecule has 2 aromatic rings. The van der Waals surface area contributed by atoms with Crippen LogP contribution in [-0.2, 0) is 12.6 Å². The van der Waals surface area contributed by atoms with Crippen LogP contribution in [0.2, 0.25) is 5.15 Å². The molecule has 0 unspecified atom stereocenters. The molecule has 0 bridgehead atoms. The number of aromatic nitrogens is 3. The molecule has 3 rings (SSSR count). The summed E-state index contributed by atoms with van der Waals surface area (Å²) in [4.78, 5) is 3.48. The summed E-state index contributed by atoms with van der Waals surface area (Å²) >= 11 is 5.92. The maximum absolute atomic E-state index is 12.5. The fourth-order valence-electron chi connectivity index (χ4n) is 1.89. The molecule has 0 N–H and O–H groups in total. The summed E-state index contributed by atoms with van der Waals surface area (Å²) in [5.41, 5.74) is 1.06. The largest absolute Gasteiger partial charge is 0.453 e. The molecule has 1 fully saturated rings. The molecule has 0 saturated heterocycles. The van der Waals surface area contributed by atoms with Crippen LogP contribution in [0.25, 0.3) is 5.65 Å². The van der Waals surface area contributed by atoms with Crippen molar-refractivity contribution >= 4 is 17.2 Å². The molecule has 1 saturated carbocycles. The average molecular weight is 276 g/mol. The van der Waals surface area contributed by atoms with Crippen LogP contribution in [0.1, 0.15) is 24.2 Å². The maximum Gasteiger partial charge on any atom is 0.453 e. The second-order valence-corrected chi connectivity index (χ2v) is 4.92. The Morgan fingerprint density at radius 2 is 2.06 bits per heavy atom. The zero-order valence-corrected chi connectivity index (χ0v) is 9.96. The van der Waals surface area contributed by atoms with Crippen LogP contribution in [0.4, 0.5) is 13.2 Å². The first kappa shape index (κ1) is 11.8. The van der Waals surface area contributed by atoms with Crippen molar-refractivity contribution in [3.63, 3.8) is 0 Å². The molecule has 1 aliphatic carbocycles. The van der Waals surface area contributed by atoms with Crippen molar-refractivity contribution in [3.05, 3.63) is 28.7 Å². The third-order valence-corrected chi connectivity index (χ3v) is 3.20. The Morgan fingerprint density at radius 3 is 2.67 bits per heavy atom. The van der Waals surface area contributed by atoms with Gasteiger partial charge < -0.3 is 0 Å². The molecular formula is C11H9ClF3N3. The maximum atomic E-state index is 12.5. The summed E-state index contributed by atoms with van der Waals surface area (Å²) in [6.45, 7) is 0. The van der Waals surface area contributed by atoms with E-state index in [-0.39, 0.29) is 10.8 Å². The molecule has 0 radical (unpaired) electrons. The third-order valence-electron chi connectivity index (χ3n) is 2.93. The number of hydrogen-bond donors (Lipinski definition) is 0. The SMILES string of the molecule is FC(F)(F)c1nc2cc(CC3CC3)cc(Cl)n2n1. The van der Waals surface area contributed by atoms with E-state index in [1.165, 1.54) is 12.8 Å². The number of fused-ring (bicyclic) bond motifs is 1. The Kier molecular flexibility index (Phi) is 2.52. The lowest BCUT2D eigenvalue weighted by Crippen LogP contribution is -2.07. The summed E-state index contributed by atoms with van der Waals surface area (Å²) in [6.07, 6.45) is -1.37. The number of rotatable bonds is 2. The van der Waals surface area contributed by atoms with Crippen molar-refractivity contribution in [3.8, 4) is 0 Å². The zero-order valence-electron chi connectivity index (χ0n) is 9.21. The Labute approximate surface area is 106 Å². The normalized spacial score (nSPS) is 16.4. The van der Waals surface area contributed by atoms with Gasteiger partial charge in [-0.2, -0.15) is 13.2 Å². The lowest BCUT2D eigenvalue weighted by Gasteiger charge is -2.01. The molecular weight excluding hydrogens is 267 g/mol. The second kappa shape index (κ2) is 3.85. The van der Waals surface area contributed by atoms with Gasteiger partial charge in [-0.25, -0.2) is 9.50 Å². The van der Waals surface area contributed by atoms with Gasteiger partial charge in [0.15, 0.2) is 5.65 Å². The summed E-state index contributed by atoms with van der Waals surface area (Å²) in [6, 6.07) is 3.27. The molecule has 0 aromatic carbocycles. The standard InChI is InChI=1S/C11H9ClF3N3/c12-8-4-7(3-6-1-2-6)5-9-16-10(11(13,14)15)17-18(8)9/h4-6H,1-3H2. The minimum absolute atomic E-state index is 0.144. The van der Waals surface area contributed by atoms with E-state index in [2.05, 4.69) is 10.1 Å². The van der Waals surface area contributed by atoms with Crippen LogP contribution in [0, 0.1) is 5.92 Å². The number of halogens is 4. The van der Waals surface area contributed by atoms with Crippen LogP contribution in [0.15, 0.2) is 12.1 Å². The lowest BCUT2D eigenvalue weighted by atomic mass is 10.1. The van der Waals surface area contributed by atoms with Crippen molar-refractivity contribution in [1.82, 2.24) is 14.6 Å². The number of pyridine rings is 1. The lowest BCUT2D eigenvalue weighted by molar-refractivity contribution is -0.144. The van der Waals surface area contributed by atoms with Gasteiger partial charge in [-0.3, -0.25) is 0 Å². The minimum Gasteiger partial charge on any atom is -0.203 e. The molecule has 1 aliphatic rings. The monoisotopic (exact) mass is 275 g/mol. The van der Waals surface area contributed by atoms with Gasteiger partial charge in [0.05, 0.1) is 0 Å². The van der Waals surface area contributed by atoms with Crippen LogP contribution in [-0.4, -0.2) is 14.6 Å². The summed E-state index contributed by atoms with van der Waals surface area (Å²) in [5.74, 6) is -0.526. The average Bonchev–Trinajstić information content (AvgIpc) is 2.93. The molecule has 0 atom stereocenters. The topological polar surface area (TPSA) is 30.2 Å². The predicted molar refractivity (Wildman–Crippen MR) is 59.4 cm³/mol. The molecule has 0 amide bonds. The Balaban J connectivity index is 2.05. The van der Waals surface area contributed by atoms with Gasteiger partial charge in [0.25, 0.3) is 5.82 Å². The van der Waals surface area contributed by atoms with E-state index in [1.54, 1.807) is 12.1 Å². The highest BCUT2D eigenvalue weighted by Gasteiger charge is 2.36. The third kappa shape index (κ3) is 2.16. The first-order chi connectivity index (χ1) is 8.43. The van der Waals surface area contributed by atoms with E-state index in [1.807, 2.05) is 0 Å². The van der Waals surface area contributed by atoms with E-state index in [4.69, 9.17) is 11.6 Å². The van der Waals surface area contributed by atoms with Crippen LogP contribution >= 0.6 is 11.6 Å². The Bertz CT molecular complexity index is 601. The van der Waals surface area contributed by atoms with Gasteiger partial charge in [-0.15, -0.1) is 5.10 Å². The summed E-state index contributed by atoms with van der Waals surface area (Å²) < 4.78 is 38.5. The highest BCUT2D eigenvalue weighted by atomic mass is 35.5. The number of nitrogens with zero attached hydrogens (tertiary/aromatic N) is 3. The van der Waals surface area contributed by atoms with Crippen LogP contribution in [0.3, 0.4) is 0 Å². The molecule has 3 nitrogen and oxygen atoms in total. The second-order valence-electron chi connectivity index (χ2n) is 4.54. The van der Waals surface area contributed by atoms with E-state index in [0.717, 1.165) is 16.5 Å². The van der Waals surface area contributed by atoms with Gasteiger partial charge in [-0.05, 0) is 42.9 Å². The number of hydrogen-bond acceptors (Lipinski definition) is 2. The van der Waals surface area contributed by atoms with E-state index in [0.29, 0.717) is 5.92 Å². The molecule has 2 heterocycles. The van der Waals surface area contributed by atoms with Crippen LogP contribution < -0.4 is 0 Å². The molecule has 2 aromatic heterocycles. The van der Waals surface area contributed by atoms with Gasteiger partial charge >= 0.3 is 6.18 Å². The highest BCUT2D eigenvalue weighted by Crippen LogP contribution is 2.34. The first-order valence-electron chi connectivity index (χ1n) is 5.56. The Hall–Kier alpha value is -1.30.